The zero-order valence-electron chi connectivity index (χ0n) is 24.8. The standard InChI is InChI=1S/C24H60O3PSi4.H2O/c1-14-17-21-28(20-16-3,22-18-15-2)23-19-24(4)32(25-29(5,6)7,26-30(8,9)10)27-31(11,12)13;/h24H,14-23H2,1-13H3;1H2/q+1;/p-1. The van der Waals surface area contributed by atoms with E-state index in [1.165, 1.54) is 63.2 Å². The molecule has 33 heavy (non-hydrogen) atoms. The lowest BCUT2D eigenvalue weighted by Crippen LogP contribution is -2.62. The Morgan fingerprint density at radius 2 is 0.939 bits per heavy atom. The van der Waals surface area contributed by atoms with Gasteiger partial charge < -0.3 is 17.8 Å². The van der Waals surface area contributed by atoms with Crippen molar-refractivity contribution in [1.82, 2.24) is 0 Å². The van der Waals surface area contributed by atoms with Crippen LogP contribution in [0, 0.1) is 0 Å². The molecule has 1 N–H and O–H groups in total. The van der Waals surface area contributed by atoms with Gasteiger partial charge in [-0.05, 0) is 84.6 Å². The Balaban J connectivity index is 0. The highest BCUT2D eigenvalue weighted by Crippen LogP contribution is 2.62. The predicted molar refractivity (Wildman–Crippen MR) is 162 cm³/mol. The van der Waals surface area contributed by atoms with E-state index in [0.717, 1.165) is 0 Å². The van der Waals surface area contributed by atoms with Crippen molar-refractivity contribution in [1.29, 1.82) is 0 Å². The molecule has 0 aliphatic carbocycles. The number of hydrogen-bond acceptors (Lipinski definition) is 4. The normalized spacial score (nSPS) is 14.8. The molecule has 9 heteroatoms. The monoisotopic (exact) mass is 556 g/mol. The largest absolute Gasteiger partial charge is 0.870 e. The first-order chi connectivity index (χ1) is 14.4. The third kappa shape index (κ3) is 15.8. The molecule has 0 fully saturated rings. The highest BCUT2D eigenvalue weighted by atomic mass is 31.2. The maximum Gasteiger partial charge on any atom is 0.472 e. The SMILES string of the molecule is CCCC[P+](CCC)(CCCC)CCC(C)[Si](O[Si](C)(C)C)(O[Si](C)(C)C)O[Si](C)(C)C.[OH-]. The Kier molecular flexibility index (Phi) is 16.9. The van der Waals surface area contributed by atoms with Gasteiger partial charge in [0.25, 0.3) is 0 Å². The van der Waals surface area contributed by atoms with Gasteiger partial charge in [-0.25, -0.2) is 0 Å². The summed E-state index contributed by atoms with van der Waals surface area (Å²) < 4.78 is 21.1. The number of unbranched alkanes of at least 4 members (excludes halogenated alkanes) is 2. The van der Waals surface area contributed by atoms with Crippen LogP contribution in [0.15, 0.2) is 0 Å². The third-order valence-electron chi connectivity index (χ3n) is 5.66. The van der Waals surface area contributed by atoms with Crippen LogP contribution in [0.4, 0.5) is 0 Å². The van der Waals surface area contributed by atoms with E-state index >= 15 is 0 Å². The molecule has 0 heterocycles. The summed E-state index contributed by atoms with van der Waals surface area (Å²) in [4.78, 5) is 0. The van der Waals surface area contributed by atoms with Crippen molar-refractivity contribution >= 4 is 41.0 Å². The molecule has 202 valence electrons. The van der Waals surface area contributed by atoms with Crippen molar-refractivity contribution in [3.05, 3.63) is 0 Å². The molecular weight excluding hydrogens is 496 g/mol. The summed E-state index contributed by atoms with van der Waals surface area (Å²) in [7, 11) is -9.17. The summed E-state index contributed by atoms with van der Waals surface area (Å²) in [6.45, 7) is 30.3. The molecule has 1 unspecified atom stereocenters. The second-order valence-corrected chi connectivity index (χ2v) is 34.7. The Morgan fingerprint density at radius 1 is 0.576 bits per heavy atom. The highest BCUT2D eigenvalue weighted by molar-refractivity contribution is 7.75. The molecule has 1 atom stereocenters. The summed E-state index contributed by atoms with van der Waals surface area (Å²) in [6, 6.07) is 0. The minimum atomic E-state index is -2.79. The number of rotatable bonds is 18. The van der Waals surface area contributed by atoms with E-state index < -0.39 is 41.0 Å². The van der Waals surface area contributed by atoms with Gasteiger partial charge in [0.2, 0.25) is 0 Å². The molecule has 0 bridgehead atoms. The first kappa shape index (κ1) is 36.3. The molecule has 0 amide bonds. The van der Waals surface area contributed by atoms with E-state index in [0.29, 0.717) is 5.54 Å². The lowest BCUT2D eigenvalue weighted by Gasteiger charge is -2.46. The van der Waals surface area contributed by atoms with Crippen molar-refractivity contribution in [3.63, 3.8) is 0 Å². The van der Waals surface area contributed by atoms with Crippen LogP contribution in [0.3, 0.4) is 0 Å². The molecule has 4 nitrogen and oxygen atoms in total. The van der Waals surface area contributed by atoms with E-state index in [9.17, 15) is 0 Å². The molecule has 0 saturated heterocycles. The lowest BCUT2D eigenvalue weighted by atomic mass is 10.4. The highest BCUT2D eigenvalue weighted by Gasteiger charge is 2.54. The minimum Gasteiger partial charge on any atom is -0.870 e. The zero-order valence-corrected chi connectivity index (χ0v) is 29.7. The third-order valence-corrected chi connectivity index (χ3v) is 23.0. The Bertz CT molecular complexity index is 467. The first-order valence-corrected chi connectivity index (χ1v) is 27.9. The fourth-order valence-corrected chi connectivity index (χ4v) is 24.6. The predicted octanol–water partition coefficient (Wildman–Crippen LogP) is 9.11. The van der Waals surface area contributed by atoms with Crippen LogP contribution in [-0.2, 0) is 12.3 Å². The maximum atomic E-state index is 7.04. The zero-order chi connectivity index (χ0) is 25.3. The Hall–Kier alpha value is 1.14. The van der Waals surface area contributed by atoms with E-state index in [1.54, 1.807) is 0 Å². The van der Waals surface area contributed by atoms with E-state index in [1.807, 2.05) is 0 Å². The smallest absolute Gasteiger partial charge is 0.472 e. The van der Waals surface area contributed by atoms with Crippen LogP contribution in [0.1, 0.15) is 66.2 Å². The molecule has 0 rings (SSSR count). The van der Waals surface area contributed by atoms with Crippen LogP contribution in [-0.4, -0.2) is 63.9 Å². The summed E-state index contributed by atoms with van der Waals surface area (Å²) in [6.07, 6.45) is 13.8. The summed E-state index contributed by atoms with van der Waals surface area (Å²) in [5.74, 6) is 0. The fourth-order valence-electron chi connectivity index (χ4n) is 4.42. The van der Waals surface area contributed by atoms with Gasteiger partial charge in [-0.1, -0.05) is 40.5 Å². The number of hydrogen-bond donors (Lipinski definition) is 0. The van der Waals surface area contributed by atoms with Crippen molar-refractivity contribution < 1.29 is 17.8 Å². The second kappa shape index (κ2) is 15.4. The van der Waals surface area contributed by atoms with Gasteiger partial charge in [-0.2, -0.15) is 0 Å². The van der Waals surface area contributed by atoms with E-state index in [4.69, 9.17) is 12.3 Å². The van der Waals surface area contributed by atoms with Crippen LogP contribution in [0.2, 0.25) is 64.5 Å². The van der Waals surface area contributed by atoms with Crippen LogP contribution in [0.5, 0.6) is 0 Å². The van der Waals surface area contributed by atoms with Gasteiger partial charge in [-0.15, -0.1) is 0 Å². The maximum absolute atomic E-state index is 7.04. The second-order valence-electron chi connectivity index (χ2n) is 12.9. The van der Waals surface area contributed by atoms with Gasteiger partial charge in [-0.3, -0.25) is 0 Å². The Morgan fingerprint density at radius 3 is 1.21 bits per heavy atom. The lowest BCUT2D eigenvalue weighted by molar-refractivity contribution is 0.236. The molecule has 0 aliphatic rings. The van der Waals surface area contributed by atoms with Crippen molar-refractivity contribution in [2.24, 2.45) is 0 Å². The fraction of sp³-hybridized carbons (Fsp3) is 1.00. The van der Waals surface area contributed by atoms with Crippen molar-refractivity contribution in [3.8, 4) is 0 Å². The van der Waals surface area contributed by atoms with Gasteiger partial charge in [0.05, 0.1) is 24.6 Å². The van der Waals surface area contributed by atoms with Gasteiger partial charge >= 0.3 is 8.80 Å². The van der Waals surface area contributed by atoms with Crippen LogP contribution >= 0.6 is 7.26 Å². The molecule has 0 saturated carbocycles. The molecule has 0 aromatic carbocycles. The quantitative estimate of drug-likeness (QED) is 0.125. The first-order valence-electron chi connectivity index (χ1n) is 13.4. The van der Waals surface area contributed by atoms with Gasteiger partial charge in [0, 0.05) is 12.8 Å². The van der Waals surface area contributed by atoms with Crippen molar-refractivity contribution in [2.45, 2.75) is 131 Å². The summed E-state index contributed by atoms with van der Waals surface area (Å²) >= 11 is 0. The average molecular weight is 557 g/mol. The Labute approximate surface area is 213 Å². The van der Waals surface area contributed by atoms with Gasteiger partial charge in [0.1, 0.15) is 0 Å². The molecule has 0 aromatic heterocycles. The molecule has 0 spiro atoms. The van der Waals surface area contributed by atoms with Gasteiger partial charge in [0.15, 0.2) is 25.0 Å². The molecule has 0 radical (unpaired) electrons. The van der Waals surface area contributed by atoms with Crippen LogP contribution < -0.4 is 0 Å². The summed E-state index contributed by atoms with van der Waals surface area (Å²) in [5.41, 5.74) is 0.382. The van der Waals surface area contributed by atoms with Crippen LogP contribution in [0.25, 0.3) is 0 Å². The summed E-state index contributed by atoms with van der Waals surface area (Å²) in [5, 5.41) is 0. The van der Waals surface area contributed by atoms with E-state index in [2.05, 4.69) is 86.6 Å². The van der Waals surface area contributed by atoms with E-state index in [-0.39, 0.29) is 5.48 Å². The molecular formula is C24H61O4PSi4. The average Bonchev–Trinajstić information content (AvgIpc) is 2.58. The topological polar surface area (TPSA) is 57.7 Å². The minimum absolute atomic E-state index is 0. The molecule has 0 aromatic rings. The van der Waals surface area contributed by atoms with Crippen molar-refractivity contribution in [2.75, 3.05) is 24.6 Å². The molecule has 0 aliphatic heterocycles.